The van der Waals surface area contributed by atoms with Gasteiger partial charge < -0.3 is 10.0 Å². The second kappa shape index (κ2) is 5.81. The molecule has 0 aliphatic carbocycles. The third-order valence-electron chi connectivity index (χ3n) is 1.95. The molecule has 5 heteroatoms. The van der Waals surface area contributed by atoms with Crippen molar-refractivity contribution in [2.24, 2.45) is 0 Å². The number of ketones is 1. The maximum absolute atomic E-state index is 12.0. The molecule has 1 aromatic rings. The fourth-order valence-electron chi connectivity index (χ4n) is 1.25. The van der Waals surface area contributed by atoms with Crippen molar-refractivity contribution < 1.29 is 14.7 Å². The quantitative estimate of drug-likeness (QED) is 0.298. The van der Waals surface area contributed by atoms with Gasteiger partial charge in [0.25, 0.3) is 0 Å². The van der Waals surface area contributed by atoms with Crippen molar-refractivity contribution in [3.63, 3.8) is 0 Å². The van der Waals surface area contributed by atoms with Crippen LogP contribution < -0.4 is 0 Å². The highest BCUT2D eigenvalue weighted by molar-refractivity contribution is 14.1. The smallest absolute Gasteiger partial charge is 0.341 e. The Labute approximate surface area is 113 Å². The fourth-order valence-corrected chi connectivity index (χ4v) is 1.80. The monoisotopic (exact) mass is 345 g/mol. The molecule has 0 amide bonds. The Morgan fingerprint density at radius 2 is 2.00 bits per heavy atom. The van der Waals surface area contributed by atoms with E-state index >= 15 is 0 Å². The molecule has 0 bridgehead atoms. The molecule has 0 aliphatic heterocycles. The molecule has 0 aliphatic rings. The van der Waals surface area contributed by atoms with Gasteiger partial charge in [0.2, 0.25) is 5.78 Å². The summed E-state index contributed by atoms with van der Waals surface area (Å²) in [4.78, 5) is 24.5. The number of Topliss-reactive ketones (excluding diaryl/α,β-unsaturated/α-hetero) is 1. The molecule has 1 N–H and O–H groups in total. The van der Waals surface area contributed by atoms with Crippen LogP contribution in [0.15, 0.2) is 36.0 Å². The molecule has 0 atom stereocenters. The number of carbonyl (C=O) groups excluding carboxylic acids is 1. The number of carbonyl (C=O) groups is 2. The number of halogens is 1. The lowest BCUT2D eigenvalue weighted by atomic mass is 10.0. The van der Waals surface area contributed by atoms with Crippen LogP contribution in [-0.2, 0) is 4.79 Å². The predicted octanol–water partition coefficient (Wildman–Crippen LogP) is 2.00. The number of carboxylic acid groups (broad SMARTS) is 1. The summed E-state index contributed by atoms with van der Waals surface area (Å²) in [7, 11) is 3.34. The lowest BCUT2D eigenvalue weighted by Gasteiger charge is -2.08. The molecule has 0 fully saturated rings. The van der Waals surface area contributed by atoms with Crippen molar-refractivity contribution in [3.05, 3.63) is 45.2 Å². The highest BCUT2D eigenvalue weighted by Gasteiger charge is 2.19. The van der Waals surface area contributed by atoms with Crippen molar-refractivity contribution in [2.75, 3.05) is 14.1 Å². The molecule has 4 nitrogen and oxygen atoms in total. The molecular weight excluding hydrogens is 333 g/mol. The number of benzene rings is 1. The molecule has 17 heavy (non-hydrogen) atoms. The average Bonchev–Trinajstić information content (AvgIpc) is 2.24. The highest BCUT2D eigenvalue weighted by Crippen LogP contribution is 2.13. The molecule has 1 aromatic carbocycles. The number of aliphatic carboxylic acids is 1. The Morgan fingerprint density at radius 3 is 2.47 bits per heavy atom. The first-order chi connectivity index (χ1) is 7.91. The van der Waals surface area contributed by atoms with Crippen LogP contribution in [0.3, 0.4) is 0 Å². The lowest BCUT2D eigenvalue weighted by Crippen LogP contribution is -2.16. The molecule has 1 rings (SSSR count). The van der Waals surface area contributed by atoms with Gasteiger partial charge >= 0.3 is 5.97 Å². The minimum Gasteiger partial charge on any atom is -0.477 e. The summed E-state index contributed by atoms with van der Waals surface area (Å²) in [6, 6.07) is 6.84. The summed E-state index contributed by atoms with van der Waals surface area (Å²) in [5.41, 5.74) is 0.143. The molecule has 90 valence electrons. The van der Waals surface area contributed by atoms with Crippen LogP contribution in [0.5, 0.6) is 0 Å². The van der Waals surface area contributed by atoms with E-state index in [1.807, 2.05) is 6.07 Å². The fraction of sp³-hybridized carbons (Fsp3) is 0.167. The van der Waals surface area contributed by atoms with Crippen LogP contribution in [-0.4, -0.2) is 35.9 Å². The van der Waals surface area contributed by atoms with E-state index < -0.39 is 11.8 Å². The molecule has 0 spiro atoms. The van der Waals surface area contributed by atoms with Gasteiger partial charge in [0, 0.05) is 29.4 Å². The van der Waals surface area contributed by atoms with Crippen LogP contribution in [0.4, 0.5) is 0 Å². The largest absolute Gasteiger partial charge is 0.477 e. The first-order valence-electron chi connectivity index (χ1n) is 4.83. The molecule has 0 radical (unpaired) electrons. The summed E-state index contributed by atoms with van der Waals surface area (Å²) < 4.78 is 0.892. The zero-order valence-electron chi connectivity index (χ0n) is 9.48. The van der Waals surface area contributed by atoms with E-state index in [1.54, 1.807) is 32.3 Å². The summed E-state index contributed by atoms with van der Waals surface area (Å²) in [6.07, 6.45) is 1.31. The molecule has 0 aromatic heterocycles. The van der Waals surface area contributed by atoms with Gasteiger partial charge in [-0.05, 0) is 34.7 Å². The Kier molecular flexibility index (Phi) is 4.68. The normalized spacial score (nSPS) is 11.1. The maximum atomic E-state index is 12.0. The van der Waals surface area contributed by atoms with Gasteiger partial charge in [-0.15, -0.1) is 0 Å². The van der Waals surface area contributed by atoms with Gasteiger partial charge in [0.05, 0.1) is 0 Å². The van der Waals surface area contributed by atoms with Crippen molar-refractivity contribution in [1.82, 2.24) is 4.90 Å². The van der Waals surface area contributed by atoms with Crippen LogP contribution >= 0.6 is 22.6 Å². The third-order valence-corrected chi connectivity index (χ3v) is 2.62. The number of hydrogen-bond donors (Lipinski definition) is 1. The standard InChI is InChI=1S/C12H12INO3/c1-14(2)7-10(12(16)17)11(15)8-4-3-5-9(13)6-8/h3-7H,1-2H3,(H,16,17)/b10-7+. The number of nitrogens with zero attached hydrogens (tertiary/aromatic N) is 1. The van der Waals surface area contributed by atoms with Gasteiger partial charge in [0.1, 0.15) is 5.57 Å². The predicted molar refractivity (Wildman–Crippen MR) is 72.9 cm³/mol. The van der Waals surface area contributed by atoms with E-state index in [9.17, 15) is 9.59 Å². The van der Waals surface area contributed by atoms with Crippen molar-refractivity contribution in [1.29, 1.82) is 0 Å². The van der Waals surface area contributed by atoms with E-state index in [0.717, 1.165) is 3.57 Å². The Morgan fingerprint density at radius 1 is 1.35 bits per heavy atom. The number of hydrogen-bond acceptors (Lipinski definition) is 3. The van der Waals surface area contributed by atoms with Crippen molar-refractivity contribution >= 4 is 34.3 Å². The van der Waals surface area contributed by atoms with E-state index in [1.165, 1.54) is 11.1 Å². The summed E-state index contributed by atoms with van der Waals surface area (Å²) in [5.74, 6) is -1.70. The molecule has 0 saturated carbocycles. The van der Waals surface area contributed by atoms with E-state index in [2.05, 4.69) is 22.6 Å². The van der Waals surface area contributed by atoms with Crippen LogP contribution in [0.2, 0.25) is 0 Å². The minimum absolute atomic E-state index is 0.239. The topological polar surface area (TPSA) is 57.6 Å². The summed E-state index contributed by atoms with van der Waals surface area (Å²) in [6.45, 7) is 0. The first kappa shape index (κ1) is 13.7. The summed E-state index contributed by atoms with van der Waals surface area (Å²) in [5, 5.41) is 9.01. The lowest BCUT2D eigenvalue weighted by molar-refractivity contribution is -0.132. The minimum atomic E-state index is -1.22. The van der Waals surface area contributed by atoms with E-state index in [4.69, 9.17) is 5.11 Å². The van der Waals surface area contributed by atoms with Crippen LogP contribution in [0, 0.1) is 3.57 Å². The Hall–Kier alpha value is -1.37. The van der Waals surface area contributed by atoms with E-state index in [0.29, 0.717) is 5.56 Å². The Balaban J connectivity index is 3.14. The summed E-state index contributed by atoms with van der Waals surface area (Å²) >= 11 is 2.08. The second-order valence-electron chi connectivity index (χ2n) is 3.65. The van der Waals surface area contributed by atoms with Crippen LogP contribution in [0.1, 0.15) is 10.4 Å². The van der Waals surface area contributed by atoms with Gasteiger partial charge in [-0.25, -0.2) is 4.79 Å². The van der Waals surface area contributed by atoms with E-state index in [-0.39, 0.29) is 5.57 Å². The molecule has 0 heterocycles. The average molecular weight is 345 g/mol. The SMILES string of the molecule is CN(C)/C=C(/C(=O)O)C(=O)c1cccc(I)c1. The molecule has 0 saturated heterocycles. The zero-order chi connectivity index (χ0) is 13.0. The zero-order valence-corrected chi connectivity index (χ0v) is 11.6. The van der Waals surface area contributed by atoms with Crippen LogP contribution in [0.25, 0.3) is 0 Å². The van der Waals surface area contributed by atoms with Gasteiger partial charge in [-0.3, -0.25) is 4.79 Å². The van der Waals surface area contributed by atoms with Gasteiger partial charge in [-0.2, -0.15) is 0 Å². The second-order valence-corrected chi connectivity index (χ2v) is 4.90. The Bertz CT molecular complexity index is 480. The van der Waals surface area contributed by atoms with Gasteiger partial charge in [-0.1, -0.05) is 12.1 Å². The number of carboxylic acids is 1. The number of rotatable bonds is 4. The third kappa shape index (κ3) is 3.85. The van der Waals surface area contributed by atoms with Gasteiger partial charge in [0.15, 0.2) is 0 Å². The van der Waals surface area contributed by atoms with Crippen molar-refractivity contribution in [3.8, 4) is 0 Å². The molecular formula is C12H12INO3. The van der Waals surface area contributed by atoms with Crippen molar-refractivity contribution in [2.45, 2.75) is 0 Å². The maximum Gasteiger partial charge on any atom is 0.341 e. The first-order valence-corrected chi connectivity index (χ1v) is 5.91. The molecule has 0 unspecified atom stereocenters. The highest BCUT2D eigenvalue weighted by atomic mass is 127.